The third-order valence-electron chi connectivity index (χ3n) is 3.46. The smallest absolute Gasteiger partial charge is 0.153 e. The molecule has 3 nitrogen and oxygen atoms in total. The summed E-state index contributed by atoms with van der Waals surface area (Å²) in [5.74, 6) is 1.56. The standard InChI is InChI=1S/C18H18N2O/c1-12-6-7-15-4-3-5-17(18(15)20-12)21-16-10-8-14(9-11-16)13(2)19/h3-11,13H,19H2,1-2H3/t13-/m1/s1. The van der Waals surface area contributed by atoms with Gasteiger partial charge >= 0.3 is 0 Å². The highest BCUT2D eigenvalue weighted by Crippen LogP contribution is 2.29. The van der Waals surface area contributed by atoms with E-state index in [0.717, 1.165) is 33.7 Å². The summed E-state index contributed by atoms with van der Waals surface area (Å²) in [6.07, 6.45) is 0. The average Bonchev–Trinajstić information content (AvgIpc) is 2.48. The third-order valence-corrected chi connectivity index (χ3v) is 3.46. The Labute approximate surface area is 124 Å². The Bertz CT molecular complexity index is 764. The number of benzene rings is 2. The van der Waals surface area contributed by atoms with Gasteiger partial charge in [-0.15, -0.1) is 0 Å². The fourth-order valence-corrected chi connectivity index (χ4v) is 2.27. The second-order valence-corrected chi connectivity index (χ2v) is 5.24. The van der Waals surface area contributed by atoms with E-state index in [0.29, 0.717) is 0 Å². The SMILES string of the molecule is Cc1ccc2cccc(Oc3ccc([C@@H](C)N)cc3)c2n1. The number of nitrogens with zero attached hydrogens (tertiary/aromatic N) is 1. The van der Waals surface area contributed by atoms with E-state index >= 15 is 0 Å². The molecule has 0 fully saturated rings. The van der Waals surface area contributed by atoms with Crippen LogP contribution in [0.4, 0.5) is 0 Å². The average molecular weight is 278 g/mol. The largest absolute Gasteiger partial charge is 0.455 e. The van der Waals surface area contributed by atoms with E-state index in [1.54, 1.807) is 0 Å². The van der Waals surface area contributed by atoms with Gasteiger partial charge in [-0.2, -0.15) is 0 Å². The normalized spacial score (nSPS) is 12.3. The van der Waals surface area contributed by atoms with Gasteiger partial charge in [0.2, 0.25) is 0 Å². The monoisotopic (exact) mass is 278 g/mol. The van der Waals surface area contributed by atoms with Crippen LogP contribution in [0.1, 0.15) is 24.2 Å². The maximum Gasteiger partial charge on any atom is 0.153 e. The van der Waals surface area contributed by atoms with E-state index in [1.807, 2.05) is 62.4 Å². The van der Waals surface area contributed by atoms with E-state index in [4.69, 9.17) is 10.5 Å². The lowest BCUT2D eigenvalue weighted by atomic mass is 10.1. The minimum absolute atomic E-state index is 0.0286. The van der Waals surface area contributed by atoms with Crippen LogP contribution in [0.15, 0.2) is 54.6 Å². The zero-order valence-electron chi connectivity index (χ0n) is 12.2. The number of pyridine rings is 1. The molecule has 0 saturated carbocycles. The van der Waals surface area contributed by atoms with Crippen molar-refractivity contribution in [2.24, 2.45) is 5.73 Å². The lowest BCUT2D eigenvalue weighted by Gasteiger charge is -2.10. The maximum atomic E-state index is 5.98. The van der Waals surface area contributed by atoms with Gasteiger partial charge in [-0.25, -0.2) is 4.98 Å². The molecule has 0 aliphatic rings. The molecule has 1 aromatic heterocycles. The highest BCUT2D eigenvalue weighted by Gasteiger charge is 2.06. The molecule has 2 aromatic carbocycles. The maximum absolute atomic E-state index is 5.98. The Balaban J connectivity index is 1.96. The van der Waals surface area contributed by atoms with Crippen LogP contribution in [-0.2, 0) is 0 Å². The van der Waals surface area contributed by atoms with Crippen molar-refractivity contribution in [3.63, 3.8) is 0 Å². The summed E-state index contributed by atoms with van der Waals surface area (Å²) in [5, 5.41) is 1.07. The zero-order chi connectivity index (χ0) is 14.8. The first-order valence-corrected chi connectivity index (χ1v) is 7.03. The Hall–Kier alpha value is -2.39. The van der Waals surface area contributed by atoms with Crippen LogP contribution in [0, 0.1) is 6.92 Å². The molecule has 0 saturated heterocycles. The molecule has 0 aliphatic heterocycles. The molecule has 0 amide bonds. The quantitative estimate of drug-likeness (QED) is 0.774. The van der Waals surface area contributed by atoms with E-state index in [2.05, 4.69) is 11.1 Å². The van der Waals surface area contributed by atoms with Gasteiger partial charge in [-0.05, 0) is 43.7 Å². The molecule has 0 radical (unpaired) electrons. The first-order chi connectivity index (χ1) is 10.1. The number of aryl methyl sites for hydroxylation is 1. The lowest BCUT2D eigenvalue weighted by Crippen LogP contribution is -2.04. The van der Waals surface area contributed by atoms with Crippen LogP contribution >= 0.6 is 0 Å². The summed E-state index contributed by atoms with van der Waals surface area (Å²) >= 11 is 0. The number of nitrogens with two attached hydrogens (primary N) is 1. The molecule has 1 heterocycles. The Kier molecular flexibility index (Phi) is 3.59. The van der Waals surface area contributed by atoms with Gasteiger partial charge in [0.25, 0.3) is 0 Å². The van der Waals surface area contributed by atoms with Crippen LogP contribution < -0.4 is 10.5 Å². The zero-order valence-corrected chi connectivity index (χ0v) is 12.2. The molecule has 3 aromatic rings. The van der Waals surface area contributed by atoms with E-state index in [-0.39, 0.29) is 6.04 Å². The lowest BCUT2D eigenvalue weighted by molar-refractivity contribution is 0.486. The molecule has 0 aliphatic carbocycles. The first-order valence-electron chi connectivity index (χ1n) is 7.03. The topological polar surface area (TPSA) is 48.1 Å². The van der Waals surface area contributed by atoms with Crippen LogP contribution in [0.2, 0.25) is 0 Å². The van der Waals surface area contributed by atoms with Crippen LogP contribution in [0.25, 0.3) is 10.9 Å². The van der Waals surface area contributed by atoms with Crippen molar-refractivity contribution in [2.45, 2.75) is 19.9 Å². The molecule has 0 unspecified atom stereocenters. The van der Waals surface area contributed by atoms with Gasteiger partial charge < -0.3 is 10.5 Å². The molecule has 0 bridgehead atoms. The van der Waals surface area contributed by atoms with Gasteiger partial charge in [0.15, 0.2) is 5.75 Å². The van der Waals surface area contributed by atoms with Crippen molar-refractivity contribution in [3.05, 3.63) is 65.9 Å². The second-order valence-electron chi connectivity index (χ2n) is 5.24. The molecule has 3 rings (SSSR count). The highest BCUT2D eigenvalue weighted by atomic mass is 16.5. The third kappa shape index (κ3) is 2.88. The number of para-hydroxylation sites is 1. The van der Waals surface area contributed by atoms with Crippen molar-refractivity contribution < 1.29 is 4.74 Å². The number of hydrogen-bond donors (Lipinski definition) is 1. The molecule has 2 N–H and O–H groups in total. The van der Waals surface area contributed by atoms with Gasteiger partial charge in [0.1, 0.15) is 11.3 Å². The van der Waals surface area contributed by atoms with Crippen LogP contribution in [0.5, 0.6) is 11.5 Å². The number of ether oxygens (including phenoxy) is 1. The van der Waals surface area contributed by atoms with E-state index < -0.39 is 0 Å². The minimum atomic E-state index is 0.0286. The van der Waals surface area contributed by atoms with Gasteiger partial charge in [0, 0.05) is 17.1 Å². The van der Waals surface area contributed by atoms with Crippen LogP contribution in [0.3, 0.4) is 0 Å². The van der Waals surface area contributed by atoms with Gasteiger partial charge in [-0.3, -0.25) is 0 Å². The van der Waals surface area contributed by atoms with Crippen molar-refractivity contribution in [2.75, 3.05) is 0 Å². The van der Waals surface area contributed by atoms with E-state index in [1.165, 1.54) is 0 Å². The van der Waals surface area contributed by atoms with Crippen molar-refractivity contribution >= 4 is 10.9 Å². The summed E-state index contributed by atoms with van der Waals surface area (Å²) in [6.45, 7) is 3.95. The number of rotatable bonds is 3. The fraction of sp³-hybridized carbons (Fsp3) is 0.167. The number of aromatic nitrogens is 1. The van der Waals surface area contributed by atoms with Crippen LogP contribution in [-0.4, -0.2) is 4.98 Å². The summed E-state index contributed by atoms with van der Waals surface area (Å²) in [4.78, 5) is 4.57. The number of fused-ring (bicyclic) bond motifs is 1. The molecular weight excluding hydrogens is 260 g/mol. The summed E-state index contributed by atoms with van der Waals surface area (Å²) in [6, 6.07) is 17.9. The molecule has 0 spiro atoms. The summed E-state index contributed by atoms with van der Waals surface area (Å²) in [7, 11) is 0. The molecule has 1 atom stereocenters. The predicted molar refractivity (Wildman–Crippen MR) is 85.6 cm³/mol. The number of hydrogen-bond acceptors (Lipinski definition) is 3. The molecule has 21 heavy (non-hydrogen) atoms. The minimum Gasteiger partial charge on any atom is -0.455 e. The highest BCUT2D eigenvalue weighted by molar-refractivity contribution is 5.84. The summed E-state index contributed by atoms with van der Waals surface area (Å²) in [5.41, 5.74) is 8.81. The molecule has 3 heteroatoms. The molecular formula is C18H18N2O. The molecule has 106 valence electrons. The van der Waals surface area contributed by atoms with Gasteiger partial charge in [0.05, 0.1) is 0 Å². The van der Waals surface area contributed by atoms with Crippen molar-refractivity contribution in [1.82, 2.24) is 4.98 Å². The van der Waals surface area contributed by atoms with E-state index in [9.17, 15) is 0 Å². The Morgan fingerprint density at radius 2 is 1.76 bits per heavy atom. The predicted octanol–water partition coefficient (Wildman–Crippen LogP) is 4.36. The second kappa shape index (κ2) is 5.54. The fourth-order valence-electron chi connectivity index (χ4n) is 2.27. The van der Waals surface area contributed by atoms with Crippen molar-refractivity contribution in [3.8, 4) is 11.5 Å². The summed E-state index contributed by atoms with van der Waals surface area (Å²) < 4.78 is 5.98. The first kappa shape index (κ1) is 13.6. The Morgan fingerprint density at radius 1 is 1.00 bits per heavy atom. The van der Waals surface area contributed by atoms with Gasteiger partial charge in [-0.1, -0.05) is 30.3 Å². The van der Waals surface area contributed by atoms with Crippen molar-refractivity contribution in [1.29, 1.82) is 0 Å². The Morgan fingerprint density at radius 3 is 2.48 bits per heavy atom.